The maximum atomic E-state index is 12.6. The van der Waals surface area contributed by atoms with E-state index >= 15 is 0 Å². The van der Waals surface area contributed by atoms with Crippen molar-refractivity contribution in [2.45, 2.75) is 37.1 Å². The highest BCUT2D eigenvalue weighted by atomic mass is 32.2. The van der Waals surface area contributed by atoms with Gasteiger partial charge in [0.05, 0.1) is 12.6 Å². The molecule has 1 saturated heterocycles. The fourth-order valence-corrected chi connectivity index (χ4v) is 4.84. The Hall–Kier alpha value is -3.33. The Bertz CT molecular complexity index is 1300. The summed E-state index contributed by atoms with van der Waals surface area (Å²) in [6.07, 6.45) is 2.70. The molecule has 3 heterocycles. The smallest absolute Gasteiger partial charge is 0.242 e. The van der Waals surface area contributed by atoms with Crippen molar-refractivity contribution < 1.29 is 9.53 Å². The molecule has 0 radical (unpaired) electrons. The number of nitrogens with one attached hydrogen (secondary N) is 2. The third-order valence-electron chi connectivity index (χ3n) is 5.75. The minimum absolute atomic E-state index is 0.00532. The molecule has 170 valence electrons. The van der Waals surface area contributed by atoms with Gasteiger partial charge in [0, 0.05) is 22.4 Å². The van der Waals surface area contributed by atoms with Crippen LogP contribution in [0, 0.1) is 0 Å². The Labute approximate surface area is 196 Å². The van der Waals surface area contributed by atoms with E-state index in [9.17, 15) is 4.79 Å². The molecular weight excluding hydrogens is 436 g/mol. The van der Waals surface area contributed by atoms with E-state index in [1.165, 1.54) is 0 Å². The molecule has 33 heavy (non-hydrogen) atoms. The van der Waals surface area contributed by atoms with Crippen molar-refractivity contribution in [2.24, 2.45) is 0 Å². The third kappa shape index (κ3) is 4.20. The Morgan fingerprint density at radius 1 is 1.18 bits per heavy atom. The number of carbonyl (C=O) groups is 1. The number of anilines is 1. The molecule has 0 bridgehead atoms. The van der Waals surface area contributed by atoms with Gasteiger partial charge in [0.1, 0.15) is 11.8 Å². The molecule has 1 aliphatic heterocycles. The van der Waals surface area contributed by atoms with E-state index in [-0.39, 0.29) is 11.9 Å². The molecule has 2 aromatic heterocycles. The van der Waals surface area contributed by atoms with Crippen LogP contribution in [0.5, 0.6) is 5.75 Å². The van der Waals surface area contributed by atoms with Gasteiger partial charge in [-0.1, -0.05) is 13.0 Å². The number of ether oxygens (including phenoxy) is 1. The van der Waals surface area contributed by atoms with Crippen molar-refractivity contribution in [3.8, 4) is 17.1 Å². The number of aromatic nitrogens is 4. The highest BCUT2D eigenvalue weighted by molar-refractivity contribution is 7.99. The summed E-state index contributed by atoms with van der Waals surface area (Å²) in [5.74, 6) is 2.82. The van der Waals surface area contributed by atoms with Crippen LogP contribution in [0.4, 0.5) is 5.95 Å². The molecule has 0 aliphatic carbocycles. The molecule has 2 N–H and O–H groups in total. The van der Waals surface area contributed by atoms with Crippen LogP contribution in [0.25, 0.3) is 27.9 Å². The molecule has 0 saturated carbocycles. The molecule has 0 spiro atoms. The predicted octanol–water partition coefficient (Wildman–Crippen LogP) is 4.15. The van der Waals surface area contributed by atoms with Crippen LogP contribution in [0.3, 0.4) is 0 Å². The van der Waals surface area contributed by atoms with E-state index in [0.717, 1.165) is 52.1 Å². The number of para-hydroxylation sites is 1. The maximum absolute atomic E-state index is 12.6. The van der Waals surface area contributed by atoms with Gasteiger partial charge in [0.15, 0.2) is 11.5 Å². The number of rotatable bonds is 6. The van der Waals surface area contributed by atoms with Crippen LogP contribution in [-0.2, 0) is 4.79 Å². The second kappa shape index (κ2) is 9.27. The summed E-state index contributed by atoms with van der Waals surface area (Å²) in [6.45, 7) is 2.83. The molecule has 5 rings (SSSR count). The number of nitrogens with zero attached hydrogens (tertiary/aromatic N) is 4. The molecule has 8 nitrogen and oxygen atoms in total. The Morgan fingerprint density at radius 3 is 2.82 bits per heavy atom. The predicted molar refractivity (Wildman–Crippen MR) is 131 cm³/mol. The van der Waals surface area contributed by atoms with E-state index in [0.29, 0.717) is 24.0 Å². The largest absolute Gasteiger partial charge is 0.497 e. The topological polar surface area (TPSA) is 93.4 Å². The van der Waals surface area contributed by atoms with Crippen molar-refractivity contribution in [1.29, 1.82) is 0 Å². The number of thioether (sulfide) groups is 1. The highest BCUT2D eigenvalue weighted by Crippen LogP contribution is 2.31. The van der Waals surface area contributed by atoms with Crippen LogP contribution < -0.4 is 15.4 Å². The molecule has 1 aliphatic rings. The van der Waals surface area contributed by atoms with Crippen molar-refractivity contribution >= 4 is 40.2 Å². The first kappa shape index (κ1) is 21.5. The molecule has 4 aromatic rings. The number of amides is 1. The number of fused-ring (bicyclic) bond motifs is 3. The summed E-state index contributed by atoms with van der Waals surface area (Å²) < 4.78 is 7.00. The van der Waals surface area contributed by atoms with Gasteiger partial charge < -0.3 is 15.4 Å². The first-order valence-electron chi connectivity index (χ1n) is 11.2. The minimum Gasteiger partial charge on any atom is -0.497 e. The van der Waals surface area contributed by atoms with E-state index in [1.807, 2.05) is 36.4 Å². The van der Waals surface area contributed by atoms with Gasteiger partial charge in [-0.25, -0.2) is 9.97 Å². The number of hydrogen-bond acceptors (Lipinski definition) is 7. The fraction of sp³-hybridized carbons (Fsp3) is 0.333. The second-order valence-electron chi connectivity index (χ2n) is 7.90. The standard InChI is InChI=1S/C24H26N6O2S/c1-3-33-19-9-6-7-17-20(19)27-24(26-18-8-4-5-14-25-23(18)31)30-22(17)28-21(29-30)15-10-12-16(32-2)13-11-15/h6-7,9-13,18H,3-5,8,14H2,1-2H3,(H,25,31)(H,26,27)/t18-/m1/s1. The molecule has 2 aromatic carbocycles. The molecule has 0 unspecified atom stereocenters. The SMILES string of the molecule is CCSc1cccc2c1nc(N[C@@H]1CCCCNC1=O)n1nc(-c3ccc(OC)cc3)nc21. The van der Waals surface area contributed by atoms with Gasteiger partial charge in [0.2, 0.25) is 11.9 Å². The van der Waals surface area contributed by atoms with Crippen molar-refractivity contribution in [3.63, 3.8) is 0 Å². The zero-order chi connectivity index (χ0) is 22.8. The lowest BCUT2D eigenvalue weighted by atomic mass is 10.1. The van der Waals surface area contributed by atoms with Crippen molar-refractivity contribution in [2.75, 3.05) is 24.7 Å². The molecule has 1 fully saturated rings. The molecule has 1 atom stereocenters. The Morgan fingerprint density at radius 2 is 2.03 bits per heavy atom. The third-order valence-corrected chi connectivity index (χ3v) is 6.68. The monoisotopic (exact) mass is 462 g/mol. The summed E-state index contributed by atoms with van der Waals surface area (Å²) in [5, 5.41) is 12.1. The van der Waals surface area contributed by atoms with E-state index in [1.54, 1.807) is 23.4 Å². The quantitative estimate of drug-likeness (QED) is 0.416. The van der Waals surface area contributed by atoms with Crippen LogP contribution in [0.2, 0.25) is 0 Å². The molecule has 9 heteroatoms. The van der Waals surface area contributed by atoms with Gasteiger partial charge in [-0.2, -0.15) is 4.52 Å². The second-order valence-corrected chi connectivity index (χ2v) is 9.21. The van der Waals surface area contributed by atoms with Crippen LogP contribution in [0.1, 0.15) is 26.2 Å². The molecular formula is C24H26N6O2S. The van der Waals surface area contributed by atoms with Crippen LogP contribution in [-0.4, -0.2) is 50.9 Å². The number of hydrogen-bond donors (Lipinski definition) is 2. The zero-order valence-corrected chi connectivity index (χ0v) is 19.5. The summed E-state index contributed by atoms with van der Waals surface area (Å²) in [4.78, 5) is 23.5. The molecule has 1 amide bonds. The lowest BCUT2D eigenvalue weighted by Crippen LogP contribution is -2.38. The first-order valence-corrected chi connectivity index (χ1v) is 12.2. The van der Waals surface area contributed by atoms with Crippen molar-refractivity contribution in [1.82, 2.24) is 24.9 Å². The average Bonchev–Trinajstić information content (AvgIpc) is 3.20. The van der Waals surface area contributed by atoms with Gasteiger partial charge in [-0.05, 0) is 61.4 Å². The Balaban J connectivity index is 1.67. The van der Waals surface area contributed by atoms with E-state index in [4.69, 9.17) is 19.8 Å². The summed E-state index contributed by atoms with van der Waals surface area (Å²) >= 11 is 1.74. The van der Waals surface area contributed by atoms with E-state index < -0.39 is 0 Å². The first-order chi connectivity index (χ1) is 16.2. The summed E-state index contributed by atoms with van der Waals surface area (Å²) in [6, 6.07) is 13.4. The number of benzene rings is 2. The average molecular weight is 463 g/mol. The lowest BCUT2D eigenvalue weighted by molar-refractivity contribution is -0.121. The fourth-order valence-electron chi connectivity index (χ4n) is 4.07. The van der Waals surface area contributed by atoms with Gasteiger partial charge in [-0.15, -0.1) is 16.9 Å². The normalized spacial score (nSPS) is 16.5. The lowest BCUT2D eigenvalue weighted by Gasteiger charge is -2.17. The Kier molecular flexibility index (Phi) is 6.04. The van der Waals surface area contributed by atoms with Crippen LogP contribution >= 0.6 is 11.8 Å². The van der Waals surface area contributed by atoms with Gasteiger partial charge >= 0.3 is 0 Å². The summed E-state index contributed by atoms with van der Waals surface area (Å²) in [5.41, 5.74) is 2.45. The van der Waals surface area contributed by atoms with Crippen LogP contribution in [0.15, 0.2) is 47.4 Å². The highest BCUT2D eigenvalue weighted by Gasteiger charge is 2.24. The number of carbonyl (C=O) groups excluding carboxylic acids is 1. The zero-order valence-electron chi connectivity index (χ0n) is 18.7. The van der Waals surface area contributed by atoms with E-state index in [2.05, 4.69) is 23.6 Å². The van der Waals surface area contributed by atoms with Gasteiger partial charge in [-0.3, -0.25) is 4.79 Å². The van der Waals surface area contributed by atoms with Gasteiger partial charge in [0.25, 0.3) is 0 Å². The summed E-state index contributed by atoms with van der Waals surface area (Å²) in [7, 11) is 1.64. The maximum Gasteiger partial charge on any atom is 0.242 e. The number of methoxy groups -OCH3 is 1. The minimum atomic E-state index is -0.361. The van der Waals surface area contributed by atoms with Crippen molar-refractivity contribution in [3.05, 3.63) is 42.5 Å².